The van der Waals surface area contributed by atoms with E-state index in [0.717, 1.165) is 5.56 Å². The number of hydrogen-bond acceptors (Lipinski definition) is 6. The number of Topliss-reactive ketones (excluding diaryl/α,β-unsaturated/α-hetero) is 1. The molecule has 3 aromatic carbocycles. The van der Waals surface area contributed by atoms with E-state index in [4.69, 9.17) is 18.9 Å². The van der Waals surface area contributed by atoms with E-state index in [0.29, 0.717) is 39.7 Å². The van der Waals surface area contributed by atoms with Crippen LogP contribution in [-0.2, 0) is 5.41 Å². The highest BCUT2D eigenvalue weighted by Crippen LogP contribution is 2.40. The molecule has 2 aliphatic rings. The van der Waals surface area contributed by atoms with Gasteiger partial charge in [0.15, 0.2) is 17.3 Å². The summed E-state index contributed by atoms with van der Waals surface area (Å²) in [6.07, 6.45) is 1.73. The lowest BCUT2D eigenvalue weighted by Crippen LogP contribution is -2.10. The average Bonchev–Trinajstić information content (AvgIpc) is 3.40. The van der Waals surface area contributed by atoms with E-state index in [2.05, 4.69) is 32.9 Å². The molecule has 0 N–H and O–H groups in total. The van der Waals surface area contributed by atoms with Crippen molar-refractivity contribution in [2.24, 2.45) is 0 Å². The Hall–Kier alpha value is -4.06. The van der Waals surface area contributed by atoms with Gasteiger partial charge in [0.2, 0.25) is 12.6 Å². The smallest absolute Gasteiger partial charge is 0.343 e. The number of benzene rings is 3. The van der Waals surface area contributed by atoms with Crippen LogP contribution < -0.4 is 18.9 Å². The van der Waals surface area contributed by atoms with Crippen LogP contribution in [0.2, 0.25) is 0 Å². The van der Waals surface area contributed by atoms with Gasteiger partial charge in [0.05, 0.1) is 11.1 Å². The molecule has 0 fully saturated rings. The predicted octanol–water partition coefficient (Wildman–Crippen LogP) is 5.86. The Morgan fingerprint density at radius 1 is 0.971 bits per heavy atom. The van der Waals surface area contributed by atoms with Crippen LogP contribution in [0, 0.1) is 6.92 Å². The normalized spacial score (nSPS) is 15.3. The van der Waals surface area contributed by atoms with E-state index in [1.807, 2.05) is 12.1 Å². The number of rotatable bonds is 3. The molecule has 0 radical (unpaired) electrons. The van der Waals surface area contributed by atoms with Crippen LogP contribution in [-0.4, -0.2) is 18.5 Å². The Balaban J connectivity index is 1.37. The molecule has 2 heterocycles. The Labute approximate surface area is 197 Å². The Kier molecular flexibility index (Phi) is 5.16. The highest BCUT2D eigenvalue weighted by molar-refractivity contribution is 6.15. The third-order valence-electron chi connectivity index (χ3n) is 5.92. The molecule has 0 spiro atoms. The molecule has 0 saturated heterocycles. The van der Waals surface area contributed by atoms with Crippen LogP contribution in [0.4, 0.5) is 0 Å². The summed E-state index contributed by atoms with van der Waals surface area (Å²) >= 11 is 0. The van der Waals surface area contributed by atoms with Crippen molar-refractivity contribution in [2.75, 3.05) is 6.79 Å². The topological polar surface area (TPSA) is 71.1 Å². The first-order chi connectivity index (χ1) is 16.2. The number of carbonyl (C=O) groups is 2. The summed E-state index contributed by atoms with van der Waals surface area (Å²) in [5.74, 6) is 1.31. The van der Waals surface area contributed by atoms with Crippen LogP contribution >= 0.6 is 0 Å². The van der Waals surface area contributed by atoms with E-state index in [1.54, 1.807) is 43.3 Å². The Morgan fingerprint density at radius 2 is 1.71 bits per heavy atom. The summed E-state index contributed by atoms with van der Waals surface area (Å²) in [6, 6.07) is 16.1. The van der Waals surface area contributed by atoms with E-state index in [1.165, 1.54) is 5.56 Å². The van der Waals surface area contributed by atoms with Gasteiger partial charge >= 0.3 is 5.97 Å². The van der Waals surface area contributed by atoms with Gasteiger partial charge in [-0.15, -0.1) is 0 Å². The van der Waals surface area contributed by atoms with E-state index >= 15 is 0 Å². The average molecular weight is 456 g/mol. The first kappa shape index (κ1) is 21.8. The maximum Gasteiger partial charge on any atom is 0.343 e. The summed E-state index contributed by atoms with van der Waals surface area (Å²) in [7, 11) is 0. The fraction of sp³-hybridized carbons (Fsp3) is 0.214. The van der Waals surface area contributed by atoms with Crippen LogP contribution in [0.25, 0.3) is 6.08 Å². The summed E-state index contributed by atoms with van der Waals surface area (Å²) in [5, 5.41) is 0. The fourth-order valence-corrected chi connectivity index (χ4v) is 3.89. The van der Waals surface area contributed by atoms with Crippen LogP contribution in [0.15, 0.2) is 60.4 Å². The van der Waals surface area contributed by atoms with Crippen molar-refractivity contribution in [3.05, 3.63) is 88.2 Å². The Morgan fingerprint density at radius 3 is 2.44 bits per heavy atom. The third-order valence-corrected chi connectivity index (χ3v) is 5.92. The SMILES string of the molecule is Cc1c(OC(=O)c2ccc3c(c2)OCO3)ccc2c1O/C(=C\c1ccc(C(C)(C)C)cc1)C2=O. The molecule has 3 aromatic rings. The van der Waals surface area contributed by atoms with E-state index < -0.39 is 5.97 Å². The number of esters is 1. The summed E-state index contributed by atoms with van der Waals surface area (Å²) in [6.45, 7) is 8.34. The monoisotopic (exact) mass is 456 g/mol. The van der Waals surface area contributed by atoms with E-state index in [9.17, 15) is 9.59 Å². The molecule has 0 bridgehead atoms. The van der Waals surface area contributed by atoms with Gasteiger partial charge in [0.25, 0.3) is 0 Å². The molecule has 6 heteroatoms. The molecular formula is C28H24O6. The van der Waals surface area contributed by atoms with Gasteiger partial charge in [-0.1, -0.05) is 45.0 Å². The molecule has 172 valence electrons. The number of carbonyl (C=O) groups excluding carboxylic acids is 2. The van der Waals surface area contributed by atoms with Crippen LogP contribution in [0.3, 0.4) is 0 Å². The van der Waals surface area contributed by atoms with Gasteiger partial charge in [0.1, 0.15) is 11.5 Å². The lowest BCUT2D eigenvalue weighted by Gasteiger charge is -2.18. The quantitative estimate of drug-likeness (QED) is 0.279. The predicted molar refractivity (Wildman–Crippen MR) is 127 cm³/mol. The molecule has 5 rings (SSSR count). The fourth-order valence-electron chi connectivity index (χ4n) is 3.89. The van der Waals surface area contributed by atoms with E-state index in [-0.39, 0.29) is 23.8 Å². The molecular weight excluding hydrogens is 432 g/mol. The zero-order valence-electron chi connectivity index (χ0n) is 19.4. The van der Waals surface area contributed by atoms with Crippen molar-refractivity contribution in [1.29, 1.82) is 0 Å². The van der Waals surface area contributed by atoms with Crippen LogP contribution in [0.5, 0.6) is 23.0 Å². The number of ketones is 1. The second kappa shape index (κ2) is 8.06. The molecule has 0 saturated carbocycles. The number of fused-ring (bicyclic) bond motifs is 2. The summed E-state index contributed by atoms with van der Waals surface area (Å²) in [4.78, 5) is 25.6. The molecule has 0 atom stereocenters. The minimum absolute atomic E-state index is 0.0487. The minimum Gasteiger partial charge on any atom is -0.454 e. The second-order valence-corrected chi connectivity index (χ2v) is 9.33. The molecule has 0 aliphatic carbocycles. The Bertz CT molecular complexity index is 1340. The third kappa shape index (κ3) is 3.92. The zero-order chi connectivity index (χ0) is 24.0. The minimum atomic E-state index is -0.541. The molecule has 6 nitrogen and oxygen atoms in total. The molecule has 34 heavy (non-hydrogen) atoms. The lowest BCUT2D eigenvalue weighted by atomic mass is 9.86. The maximum atomic E-state index is 12.9. The molecule has 0 aromatic heterocycles. The maximum absolute atomic E-state index is 12.9. The standard InChI is InChI=1S/C28H24O6/c1-16-21(34-27(30)18-7-11-22-23(14-18)32-15-31-22)12-10-20-25(29)24(33-26(16)20)13-17-5-8-19(9-6-17)28(2,3)4/h5-14H,15H2,1-4H3/b24-13-. The zero-order valence-corrected chi connectivity index (χ0v) is 19.4. The van der Waals surface area contributed by atoms with Crippen molar-refractivity contribution in [3.8, 4) is 23.0 Å². The van der Waals surface area contributed by atoms with Gasteiger partial charge in [-0.05, 0) is 59.9 Å². The van der Waals surface area contributed by atoms with Crippen molar-refractivity contribution >= 4 is 17.8 Å². The largest absolute Gasteiger partial charge is 0.454 e. The summed E-state index contributed by atoms with van der Waals surface area (Å²) in [5.41, 5.74) is 3.48. The number of allylic oxidation sites excluding steroid dienone is 1. The van der Waals surface area contributed by atoms with Crippen LogP contribution in [0.1, 0.15) is 58.2 Å². The first-order valence-corrected chi connectivity index (χ1v) is 11.0. The highest BCUT2D eigenvalue weighted by Gasteiger charge is 2.31. The second-order valence-electron chi connectivity index (χ2n) is 9.33. The first-order valence-electron chi connectivity index (χ1n) is 11.0. The van der Waals surface area contributed by atoms with Gasteiger partial charge in [0, 0.05) is 5.56 Å². The van der Waals surface area contributed by atoms with Gasteiger partial charge in [-0.25, -0.2) is 4.79 Å². The summed E-state index contributed by atoms with van der Waals surface area (Å²) < 4.78 is 22.1. The number of hydrogen-bond donors (Lipinski definition) is 0. The lowest BCUT2D eigenvalue weighted by molar-refractivity contribution is 0.0732. The number of ether oxygens (including phenoxy) is 4. The van der Waals surface area contributed by atoms with Crippen molar-refractivity contribution < 1.29 is 28.5 Å². The molecule has 0 amide bonds. The highest BCUT2D eigenvalue weighted by atomic mass is 16.7. The molecule has 2 aliphatic heterocycles. The van der Waals surface area contributed by atoms with Crippen molar-refractivity contribution in [3.63, 3.8) is 0 Å². The van der Waals surface area contributed by atoms with Crippen molar-refractivity contribution in [1.82, 2.24) is 0 Å². The molecule has 0 unspecified atom stereocenters. The van der Waals surface area contributed by atoms with Gasteiger partial charge in [-0.3, -0.25) is 4.79 Å². The van der Waals surface area contributed by atoms with Crippen molar-refractivity contribution in [2.45, 2.75) is 33.1 Å². The van der Waals surface area contributed by atoms with Gasteiger partial charge < -0.3 is 18.9 Å². The van der Waals surface area contributed by atoms with Gasteiger partial charge in [-0.2, -0.15) is 0 Å².